The fraction of sp³-hybridized carbons (Fsp3) is 0.455. The summed E-state index contributed by atoms with van der Waals surface area (Å²) in [6, 6.07) is 6.32. The summed E-state index contributed by atoms with van der Waals surface area (Å²) in [6.07, 6.45) is -2.71. The van der Waals surface area contributed by atoms with Gasteiger partial charge in [-0.1, -0.05) is 25.1 Å². The number of nitrogens with one attached hydrogen (secondary N) is 2. The first kappa shape index (κ1) is 15.0. The monoisotopic (exact) mass is 278 g/mol. The second-order valence-corrected chi connectivity index (χ2v) is 5.37. The summed E-state index contributed by atoms with van der Waals surface area (Å²) in [5.41, 5.74) is 0.557. The van der Waals surface area contributed by atoms with Gasteiger partial charge in [0.2, 0.25) is 10.0 Å². The zero-order valence-corrected chi connectivity index (χ0v) is 10.8. The third-order valence-corrected chi connectivity index (χ3v) is 3.78. The summed E-state index contributed by atoms with van der Waals surface area (Å²) in [7, 11) is -3.89. The number of alkyl halides is 2. The van der Waals surface area contributed by atoms with E-state index in [9.17, 15) is 17.2 Å². The molecule has 102 valence electrons. The number of sulfonamides is 1. The fourth-order valence-electron chi connectivity index (χ4n) is 1.42. The SMILES string of the molecule is CCNCc1ccccc1S(=O)(=O)NCC(F)F. The van der Waals surface area contributed by atoms with Crippen LogP contribution in [0.5, 0.6) is 0 Å². The van der Waals surface area contributed by atoms with Gasteiger partial charge in [-0.3, -0.25) is 0 Å². The van der Waals surface area contributed by atoms with E-state index in [2.05, 4.69) is 5.32 Å². The average Bonchev–Trinajstić information content (AvgIpc) is 2.34. The van der Waals surface area contributed by atoms with Crippen LogP contribution in [0.3, 0.4) is 0 Å². The van der Waals surface area contributed by atoms with Crippen molar-refractivity contribution in [2.45, 2.75) is 24.8 Å². The molecule has 0 unspecified atom stereocenters. The maximum absolute atomic E-state index is 12.0. The van der Waals surface area contributed by atoms with Crippen LogP contribution in [0.1, 0.15) is 12.5 Å². The van der Waals surface area contributed by atoms with Gasteiger partial charge in [0, 0.05) is 6.54 Å². The van der Waals surface area contributed by atoms with E-state index in [-0.39, 0.29) is 4.90 Å². The van der Waals surface area contributed by atoms with Gasteiger partial charge < -0.3 is 5.32 Å². The predicted molar refractivity (Wildman–Crippen MR) is 65.0 cm³/mol. The predicted octanol–water partition coefficient (Wildman–Crippen LogP) is 1.34. The van der Waals surface area contributed by atoms with Crippen molar-refractivity contribution in [3.63, 3.8) is 0 Å². The minimum atomic E-state index is -3.89. The van der Waals surface area contributed by atoms with Gasteiger partial charge in [0.25, 0.3) is 6.43 Å². The Morgan fingerprint density at radius 1 is 1.28 bits per heavy atom. The van der Waals surface area contributed by atoms with E-state index in [0.717, 1.165) is 0 Å². The lowest BCUT2D eigenvalue weighted by atomic mass is 10.2. The maximum atomic E-state index is 12.0. The number of rotatable bonds is 7. The van der Waals surface area contributed by atoms with Gasteiger partial charge in [-0.25, -0.2) is 21.9 Å². The molecule has 2 N–H and O–H groups in total. The van der Waals surface area contributed by atoms with E-state index in [0.29, 0.717) is 18.7 Å². The van der Waals surface area contributed by atoms with E-state index in [1.807, 2.05) is 11.6 Å². The zero-order valence-electron chi connectivity index (χ0n) is 9.99. The van der Waals surface area contributed by atoms with Gasteiger partial charge in [-0.2, -0.15) is 0 Å². The first-order valence-corrected chi connectivity index (χ1v) is 7.02. The normalized spacial score (nSPS) is 12.0. The van der Waals surface area contributed by atoms with Crippen molar-refractivity contribution in [3.8, 4) is 0 Å². The molecule has 0 heterocycles. The van der Waals surface area contributed by atoms with Crippen molar-refractivity contribution in [1.29, 1.82) is 0 Å². The highest BCUT2D eigenvalue weighted by molar-refractivity contribution is 7.89. The molecule has 1 rings (SSSR count). The number of hydrogen-bond acceptors (Lipinski definition) is 3. The highest BCUT2D eigenvalue weighted by Crippen LogP contribution is 2.15. The zero-order chi connectivity index (χ0) is 13.6. The Bertz CT molecular complexity index is 478. The summed E-state index contributed by atoms with van der Waals surface area (Å²) in [4.78, 5) is 0.0339. The molecule has 0 bridgehead atoms. The average molecular weight is 278 g/mol. The molecule has 1 aromatic rings. The molecule has 0 aliphatic rings. The number of benzene rings is 1. The van der Waals surface area contributed by atoms with E-state index in [4.69, 9.17) is 0 Å². The minimum Gasteiger partial charge on any atom is -0.313 e. The van der Waals surface area contributed by atoms with Crippen LogP contribution in [0.4, 0.5) is 8.78 Å². The molecular weight excluding hydrogens is 262 g/mol. The molecule has 0 atom stereocenters. The van der Waals surface area contributed by atoms with E-state index < -0.39 is 23.0 Å². The van der Waals surface area contributed by atoms with Crippen LogP contribution in [0.2, 0.25) is 0 Å². The van der Waals surface area contributed by atoms with Gasteiger partial charge in [0.1, 0.15) is 0 Å². The molecule has 0 saturated heterocycles. The largest absolute Gasteiger partial charge is 0.313 e. The van der Waals surface area contributed by atoms with Crippen LogP contribution in [-0.4, -0.2) is 27.9 Å². The van der Waals surface area contributed by atoms with Gasteiger partial charge in [0.05, 0.1) is 11.4 Å². The minimum absolute atomic E-state index is 0.0339. The van der Waals surface area contributed by atoms with Crippen molar-refractivity contribution in [3.05, 3.63) is 29.8 Å². The molecule has 0 spiro atoms. The molecule has 0 amide bonds. The molecule has 0 aliphatic heterocycles. The maximum Gasteiger partial charge on any atom is 0.251 e. The lowest BCUT2D eigenvalue weighted by Crippen LogP contribution is -2.30. The van der Waals surface area contributed by atoms with E-state index in [1.54, 1.807) is 18.2 Å². The molecule has 0 aliphatic carbocycles. The van der Waals surface area contributed by atoms with Crippen LogP contribution < -0.4 is 10.0 Å². The Hall–Kier alpha value is -1.05. The van der Waals surface area contributed by atoms with E-state index in [1.165, 1.54) is 6.07 Å². The van der Waals surface area contributed by atoms with Gasteiger partial charge in [-0.15, -0.1) is 0 Å². The molecule has 18 heavy (non-hydrogen) atoms. The summed E-state index contributed by atoms with van der Waals surface area (Å²) in [5.74, 6) is 0. The summed E-state index contributed by atoms with van der Waals surface area (Å²) in [5, 5.41) is 3.00. The molecule has 0 aromatic heterocycles. The van der Waals surface area contributed by atoms with Gasteiger partial charge >= 0.3 is 0 Å². The first-order chi connectivity index (χ1) is 8.47. The lowest BCUT2D eigenvalue weighted by molar-refractivity contribution is 0.153. The van der Waals surface area contributed by atoms with Crippen LogP contribution in [0.15, 0.2) is 29.2 Å². The Labute approximate surface area is 105 Å². The fourth-order valence-corrected chi connectivity index (χ4v) is 2.67. The van der Waals surface area contributed by atoms with Crippen molar-refractivity contribution < 1.29 is 17.2 Å². The molecule has 4 nitrogen and oxygen atoms in total. The van der Waals surface area contributed by atoms with Gasteiger partial charge in [0.15, 0.2) is 0 Å². The van der Waals surface area contributed by atoms with Crippen LogP contribution in [0.25, 0.3) is 0 Å². The number of halogens is 2. The first-order valence-electron chi connectivity index (χ1n) is 5.53. The molecule has 1 aromatic carbocycles. The van der Waals surface area contributed by atoms with Crippen molar-refractivity contribution in [2.24, 2.45) is 0 Å². The molecule has 0 saturated carbocycles. The smallest absolute Gasteiger partial charge is 0.251 e. The third kappa shape index (κ3) is 4.32. The summed E-state index contributed by atoms with van der Waals surface area (Å²) in [6.45, 7) is 2.09. The van der Waals surface area contributed by atoms with Crippen LogP contribution in [0, 0.1) is 0 Å². The standard InChI is InChI=1S/C11H16F2N2O2S/c1-2-14-7-9-5-3-4-6-10(9)18(16,17)15-8-11(12)13/h3-6,11,14-15H,2,7-8H2,1H3. The van der Waals surface area contributed by atoms with Crippen molar-refractivity contribution >= 4 is 10.0 Å². The highest BCUT2D eigenvalue weighted by Gasteiger charge is 2.19. The molecule has 0 radical (unpaired) electrons. The van der Waals surface area contributed by atoms with Gasteiger partial charge in [-0.05, 0) is 18.2 Å². The highest BCUT2D eigenvalue weighted by atomic mass is 32.2. The lowest BCUT2D eigenvalue weighted by Gasteiger charge is -2.11. The number of hydrogen-bond donors (Lipinski definition) is 2. The Morgan fingerprint density at radius 2 is 1.94 bits per heavy atom. The molecule has 7 heteroatoms. The summed E-state index contributed by atoms with van der Waals surface area (Å²) < 4.78 is 49.7. The van der Waals surface area contributed by atoms with Crippen LogP contribution >= 0.6 is 0 Å². The Kier molecular flexibility index (Phi) is 5.64. The quantitative estimate of drug-likeness (QED) is 0.791. The second kappa shape index (κ2) is 6.77. The summed E-state index contributed by atoms with van der Waals surface area (Å²) >= 11 is 0. The topological polar surface area (TPSA) is 58.2 Å². The van der Waals surface area contributed by atoms with Crippen molar-refractivity contribution in [2.75, 3.05) is 13.1 Å². The van der Waals surface area contributed by atoms with Crippen molar-refractivity contribution in [1.82, 2.24) is 10.0 Å². The Balaban J connectivity index is 2.93. The van der Waals surface area contributed by atoms with Crippen LogP contribution in [-0.2, 0) is 16.6 Å². The van der Waals surface area contributed by atoms with E-state index >= 15 is 0 Å². The second-order valence-electron chi connectivity index (χ2n) is 3.63. The Morgan fingerprint density at radius 3 is 2.56 bits per heavy atom. The molecule has 0 fully saturated rings. The molecular formula is C11H16F2N2O2S. The third-order valence-electron chi connectivity index (χ3n) is 2.26.